The van der Waals surface area contributed by atoms with Crippen LogP contribution in [0.15, 0.2) is 21.7 Å². The van der Waals surface area contributed by atoms with Crippen molar-refractivity contribution in [2.24, 2.45) is 11.0 Å². The molecule has 1 aromatic carbocycles. The molecule has 1 unspecified atom stereocenters. The predicted octanol–water partition coefficient (Wildman–Crippen LogP) is 2.44. The first-order valence-electron chi connectivity index (χ1n) is 7.59. The van der Waals surface area contributed by atoms with E-state index in [0.29, 0.717) is 12.0 Å². The Bertz CT molecular complexity index is 876. The Hall–Kier alpha value is -1.66. The molecule has 1 atom stereocenters. The third-order valence-electron chi connectivity index (χ3n) is 3.51. The van der Waals surface area contributed by atoms with Crippen LogP contribution in [0, 0.1) is 11.7 Å². The second kappa shape index (κ2) is 8.15. The minimum absolute atomic E-state index is 0.0916. The highest BCUT2D eigenvalue weighted by Crippen LogP contribution is 2.33. The van der Waals surface area contributed by atoms with Crippen molar-refractivity contribution in [2.75, 3.05) is 19.5 Å². The number of nitrogens with zero attached hydrogens (tertiary/aromatic N) is 1. The molecule has 12 heteroatoms. The van der Waals surface area contributed by atoms with Crippen molar-refractivity contribution in [3.8, 4) is 5.75 Å². The minimum atomic E-state index is -4.03. The van der Waals surface area contributed by atoms with Gasteiger partial charge in [-0.2, -0.15) is 13.5 Å². The van der Waals surface area contributed by atoms with Crippen molar-refractivity contribution in [1.29, 1.82) is 0 Å². The van der Waals surface area contributed by atoms with Crippen LogP contribution in [-0.4, -0.2) is 45.4 Å². The Morgan fingerprint density at radius 3 is 2.63 bits per heavy atom. The lowest BCUT2D eigenvalue weighted by molar-refractivity contribution is -0.121. The van der Waals surface area contributed by atoms with E-state index in [1.165, 1.54) is 12.1 Å². The normalized spacial score (nSPS) is 18.1. The zero-order valence-corrected chi connectivity index (χ0v) is 16.7. The predicted molar refractivity (Wildman–Crippen MR) is 93.8 cm³/mol. The number of carbonyl (C=O) groups excluding carboxylic acids is 1. The molecular weight excluding hydrogens is 457 g/mol. The van der Waals surface area contributed by atoms with Crippen LogP contribution in [0.2, 0.25) is 0 Å². The van der Waals surface area contributed by atoms with E-state index in [9.17, 15) is 26.4 Å². The van der Waals surface area contributed by atoms with Crippen molar-refractivity contribution in [3.63, 3.8) is 0 Å². The van der Waals surface area contributed by atoms with Gasteiger partial charge in [-0.3, -0.25) is 8.98 Å². The zero-order chi connectivity index (χ0) is 20.4. The smallest absolute Gasteiger partial charge is 0.305 e. The lowest BCUT2D eigenvalue weighted by atomic mass is 9.94. The number of hydrogen-bond donors (Lipinski definition) is 1. The number of rotatable bonds is 7. The first kappa shape index (κ1) is 21.6. The number of hydrogen-bond acceptors (Lipinski definition) is 6. The molecule has 2 rings (SSSR count). The number of halogens is 4. The Morgan fingerprint density at radius 1 is 1.37 bits per heavy atom. The average Bonchev–Trinajstić information content (AvgIpc) is 2.55. The lowest BCUT2D eigenvalue weighted by Gasteiger charge is -2.21. The molecule has 1 N–H and O–H groups in total. The zero-order valence-electron chi connectivity index (χ0n) is 14.3. The van der Waals surface area contributed by atoms with Gasteiger partial charge in [0, 0.05) is 17.9 Å². The summed E-state index contributed by atoms with van der Waals surface area (Å²) >= 11 is 2.95. The number of benzene rings is 1. The van der Waals surface area contributed by atoms with Gasteiger partial charge in [-0.15, -0.1) is 0 Å². The molecule has 0 aliphatic carbocycles. The minimum Gasteiger partial charge on any atom is -0.486 e. The molecule has 0 bridgehead atoms. The number of amides is 1. The molecule has 1 aliphatic heterocycles. The van der Waals surface area contributed by atoms with Gasteiger partial charge in [-0.05, 0) is 28.1 Å². The SMILES string of the molecule is CC1CC(=O)NN=C1c1ccc(OCC(F)(F)COS(C)(=O)=O)c(Br)c1F. The van der Waals surface area contributed by atoms with Gasteiger partial charge in [0.15, 0.2) is 6.61 Å². The average molecular weight is 473 g/mol. The molecule has 0 radical (unpaired) electrons. The highest BCUT2D eigenvalue weighted by Gasteiger charge is 2.33. The van der Waals surface area contributed by atoms with Crippen molar-refractivity contribution in [1.82, 2.24) is 5.43 Å². The summed E-state index contributed by atoms with van der Waals surface area (Å²) in [5.74, 6) is -5.22. The highest BCUT2D eigenvalue weighted by molar-refractivity contribution is 9.10. The third-order valence-corrected chi connectivity index (χ3v) is 4.79. The maximum Gasteiger partial charge on any atom is 0.305 e. The van der Waals surface area contributed by atoms with Gasteiger partial charge in [-0.25, -0.2) is 18.6 Å². The molecule has 1 aliphatic rings. The summed E-state index contributed by atoms with van der Waals surface area (Å²) in [7, 11) is -4.03. The standard InChI is InChI=1S/C15H16BrF3N2O5S/c1-8-5-11(22)20-21-14(8)9-3-4-10(12(16)13(9)17)25-6-15(18,19)7-26-27(2,23)24/h3-4,8H,5-7H2,1-2H3,(H,20,22). The van der Waals surface area contributed by atoms with Crippen molar-refractivity contribution >= 4 is 37.7 Å². The van der Waals surface area contributed by atoms with E-state index >= 15 is 0 Å². The summed E-state index contributed by atoms with van der Waals surface area (Å²) in [5.41, 5.74) is 2.67. The summed E-state index contributed by atoms with van der Waals surface area (Å²) in [6.45, 7) is -0.900. The van der Waals surface area contributed by atoms with Crippen LogP contribution in [-0.2, 0) is 19.1 Å². The van der Waals surface area contributed by atoms with Crippen LogP contribution >= 0.6 is 15.9 Å². The molecule has 7 nitrogen and oxygen atoms in total. The van der Waals surface area contributed by atoms with Crippen molar-refractivity contribution < 1.29 is 35.3 Å². The number of nitrogens with one attached hydrogen (secondary N) is 1. The number of ether oxygens (including phenoxy) is 1. The Morgan fingerprint density at radius 2 is 2.04 bits per heavy atom. The van der Waals surface area contributed by atoms with Gasteiger partial charge in [0.05, 0.1) is 16.4 Å². The van der Waals surface area contributed by atoms with E-state index in [0.717, 1.165) is 0 Å². The van der Waals surface area contributed by atoms with Crippen LogP contribution in [0.1, 0.15) is 18.9 Å². The molecule has 1 amide bonds. The fourth-order valence-electron chi connectivity index (χ4n) is 2.24. The molecule has 1 aromatic rings. The van der Waals surface area contributed by atoms with E-state index in [1.54, 1.807) is 6.92 Å². The van der Waals surface area contributed by atoms with Crippen LogP contribution in [0.25, 0.3) is 0 Å². The molecule has 0 fully saturated rings. The largest absolute Gasteiger partial charge is 0.486 e. The maximum atomic E-state index is 14.6. The summed E-state index contributed by atoms with van der Waals surface area (Å²) < 4.78 is 72.3. The van der Waals surface area contributed by atoms with E-state index in [2.05, 4.69) is 30.6 Å². The Labute approximate surface area is 162 Å². The molecule has 0 saturated carbocycles. The van der Waals surface area contributed by atoms with E-state index in [-0.39, 0.29) is 34.0 Å². The second-order valence-corrected chi connectivity index (χ2v) is 8.42. The first-order valence-corrected chi connectivity index (χ1v) is 10.2. The van der Waals surface area contributed by atoms with Gasteiger partial charge in [0.25, 0.3) is 10.1 Å². The molecule has 27 heavy (non-hydrogen) atoms. The quantitative estimate of drug-likeness (QED) is 0.615. The fraction of sp³-hybridized carbons (Fsp3) is 0.467. The van der Waals surface area contributed by atoms with Gasteiger partial charge in [0.1, 0.15) is 18.2 Å². The Kier molecular flexibility index (Phi) is 6.53. The third kappa shape index (κ3) is 5.91. The van der Waals surface area contributed by atoms with E-state index in [1.807, 2.05) is 0 Å². The Balaban J connectivity index is 2.14. The van der Waals surface area contributed by atoms with Crippen LogP contribution in [0.5, 0.6) is 5.75 Å². The second-order valence-electron chi connectivity index (χ2n) is 5.99. The topological polar surface area (TPSA) is 94.1 Å². The molecule has 0 aromatic heterocycles. The maximum absolute atomic E-state index is 14.6. The fourth-order valence-corrected chi connectivity index (χ4v) is 3.08. The summed E-state index contributed by atoms with van der Waals surface area (Å²) in [5, 5.41) is 3.85. The van der Waals surface area contributed by atoms with Crippen LogP contribution in [0.3, 0.4) is 0 Å². The van der Waals surface area contributed by atoms with Crippen molar-refractivity contribution in [2.45, 2.75) is 19.3 Å². The summed E-state index contributed by atoms with van der Waals surface area (Å²) in [6, 6.07) is 2.56. The number of carbonyl (C=O) groups is 1. The van der Waals surface area contributed by atoms with Crippen LogP contribution < -0.4 is 10.2 Å². The molecule has 0 spiro atoms. The lowest BCUT2D eigenvalue weighted by Crippen LogP contribution is -2.33. The molecule has 0 saturated heterocycles. The molecular formula is C15H16BrF3N2O5S. The van der Waals surface area contributed by atoms with Crippen LogP contribution in [0.4, 0.5) is 13.2 Å². The van der Waals surface area contributed by atoms with Gasteiger partial charge in [0.2, 0.25) is 5.91 Å². The summed E-state index contributed by atoms with van der Waals surface area (Å²) in [4.78, 5) is 11.3. The van der Waals surface area contributed by atoms with Gasteiger partial charge < -0.3 is 4.74 Å². The van der Waals surface area contributed by atoms with Gasteiger partial charge in [-0.1, -0.05) is 6.92 Å². The summed E-state index contributed by atoms with van der Waals surface area (Å²) in [6.07, 6.45) is 0.784. The van der Waals surface area contributed by atoms with Crippen molar-refractivity contribution in [3.05, 3.63) is 28.0 Å². The van der Waals surface area contributed by atoms with E-state index < -0.39 is 35.1 Å². The molecule has 1 heterocycles. The van der Waals surface area contributed by atoms with Gasteiger partial charge >= 0.3 is 5.92 Å². The molecule has 150 valence electrons. The first-order chi connectivity index (χ1) is 12.4. The highest BCUT2D eigenvalue weighted by atomic mass is 79.9. The monoisotopic (exact) mass is 472 g/mol. The number of hydrazone groups is 1. The number of alkyl halides is 2. The van der Waals surface area contributed by atoms with E-state index in [4.69, 9.17) is 4.74 Å².